The van der Waals surface area contributed by atoms with Crippen molar-refractivity contribution >= 4 is 23.6 Å². The van der Waals surface area contributed by atoms with Crippen LogP contribution in [0.5, 0.6) is 0 Å². The molecular formula is C18H19FN4O. The van der Waals surface area contributed by atoms with Gasteiger partial charge in [-0.25, -0.2) is 14.4 Å². The molecular weight excluding hydrogens is 307 g/mol. The fraction of sp³-hybridized carbons (Fsp3) is 0.278. The van der Waals surface area contributed by atoms with Crippen molar-refractivity contribution < 1.29 is 9.18 Å². The summed E-state index contributed by atoms with van der Waals surface area (Å²) < 4.78 is 13.5. The molecule has 0 unspecified atom stereocenters. The quantitative estimate of drug-likeness (QED) is 0.876. The number of amides is 1. The van der Waals surface area contributed by atoms with Crippen LogP contribution in [-0.4, -0.2) is 29.0 Å². The third-order valence-corrected chi connectivity index (χ3v) is 3.86. The number of carbonyl (C=O) groups is 1. The Balaban J connectivity index is 1.59. The number of aromatic nitrogens is 2. The molecule has 1 aromatic carbocycles. The number of benzene rings is 1. The third-order valence-electron chi connectivity index (χ3n) is 3.86. The van der Waals surface area contributed by atoms with Crippen molar-refractivity contribution in [2.24, 2.45) is 0 Å². The summed E-state index contributed by atoms with van der Waals surface area (Å²) in [6, 6.07) is 6.28. The summed E-state index contributed by atoms with van der Waals surface area (Å²) in [5.74, 6) is -0.0297. The Labute approximate surface area is 140 Å². The molecule has 24 heavy (non-hydrogen) atoms. The second kappa shape index (κ2) is 7.68. The Morgan fingerprint density at radius 3 is 2.54 bits per heavy atom. The van der Waals surface area contributed by atoms with E-state index in [1.807, 2.05) is 0 Å². The van der Waals surface area contributed by atoms with Gasteiger partial charge in [0, 0.05) is 24.7 Å². The zero-order chi connectivity index (χ0) is 16.8. The molecule has 124 valence electrons. The van der Waals surface area contributed by atoms with Gasteiger partial charge in [0.25, 0.3) is 0 Å². The number of anilines is 2. The molecule has 1 fully saturated rings. The van der Waals surface area contributed by atoms with Gasteiger partial charge >= 0.3 is 0 Å². The van der Waals surface area contributed by atoms with Gasteiger partial charge in [-0.3, -0.25) is 4.79 Å². The monoisotopic (exact) mass is 326 g/mol. The number of halogens is 1. The van der Waals surface area contributed by atoms with Crippen LogP contribution in [0.2, 0.25) is 0 Å². The average Bonchev–Trinajstić information content (AvgIpc) is 2.62. The smallest absolute Gasteiger partial charge is 0.248 e. The highest BCUT2D eigenvalue weighted by Crippen LogP contribution is 2.16. The molecule has 5 nitrogen and oxygen atoms in total. The molecule has 1 N–H and O–H groups in total. The lowest BCUT2D eigenvalue weighted by molar-refractivity contribution is -0.111. The van der Waals surface area contributed by atoms with E-state index >= 15 is 0 Å². The number of carbonyl (C=O) groups excluding carboxylic acids is 1. The first kappa shape index (κ1) is 16.1. The van der Waals surface area contributed by atoms with Crippen LogP contribution in [0.4, 0.5) is 16.0 Å². The van der Waals surface area contributed by atoms with Crippen molar-refractivity contribution in [2.45, 2.75) is 19.3 Å². The zero-order valence-corrected chi connectivity index (χ0v) is 13.3. The molecule has 3 rings (SSSR count). The van der Waals surface area contributed by atoms with Gasteiger partial charge < -0.3 is 10.2 Å². The second-order valence-electron chi connectivity index (χ2n) is 5.66. The Kier molecular flexibility index (Phi) is 5.15. The first-order valence-corrected chi connectivity index (χ1v) is 8.03. The lowest BCUT2D eigenvalue weighted by atomic mass is 10.1. The highest BCUT2D eigenvalue weighted by atomic mass is 19.1. The lowest BCUT2D eigenvalue weighted by Gasteiger charge is -2.26. The number of nitrogens with one attached hydrogen (secondary N) is 1. The predicted molar refractivity (Wildman–Crippen MR) is 92.2 cm³/mol. The molecule has 2 aromatic rings. The van der Waals surface area contributed by atoms with Gasteiger partial charge in [-0.15, -0.1) is 0 Å². The van der Waals surface area contributed by atoms with Crippen LogP contribution in [0, 0.1) is 5.82 Å². The molecule has 0 bridgehead atoms. The van der Waals surface area contributed by atoms with Crippen LogP contribution in [0.3, 0.4) is 0 Å². The van der Waals surface area contributed by atoms with E-state index in [0.717, 1.165) is 25.9 Å². The van der Waals surface area contributed by atoms with Crippen LogP contribution < -0.4 is 10.2 Å². The average molecular weight is 326 g/mol. The van der Waals surface area contributed by atoms with Crippen molar-refractivity contribution in [3.8, 4) is 0 Å². The van der Waals surface area contributed by atoms with E-state index in [4.69, 9.17) is 0 Å². The summed E-state index contributed by atoms with van der Waals surface area (Å²) in [6.07, 6.45) is 9.46. The molecule has 0 aliphatic carbocycles. The summed E-state index contributed by atoms with van der Waals surface area (Å²) in [4.78, 5) is 22.7. The number of piperidine rings is 1. The lowest BCUT2D eigenvalue weighted by Crippen LogP contribution is -2.30. The van der Waals surface area contributed by atoms with Crippen LogP contribution >= 0.6 is 0 Å². The number of hydrogen-bond donors (Lipinski definition) is 1. The zero-order valence-electron chi connectivity index (χ0n) is 13.3. The van der Waals surface area contributed by atoms with E-state index in [-0.39, 0.29) is 11.7 Å². The van der Waals surface area contributed by atoms with Crippen molar-refractivity contribution in [1.29, 1.82) is 0 Å². The molecule has 1 aliphatic heterocycles. The maximum Gasteiger partial charge on any atom is 0.248 e. The first-order valence-electron chi connectivity index (χ1n) is 8.03. The van der Waals surface area contributed by atoms with Crippen LogP contribution in [0.25, 0.3) is 6.08 Å². The summed E-state index contributed by atoms with van der Waals surface area (Å²) in [5.41, 5.74) is 0.878. The Bertz CT molecular complexity index is 724. The van der Waals surface area contributed by atoms with Gasteiger partial charge in [0.1, 0.15) is 5.82 Å². The Morgan fingerprint density at radius 2 is 1.83 bits per heavy atom. The fourth-order valence-corrected chi connectivity index (χ4v) is 2.60. The van der Waals surface area contributed by atoms with Gasteiger partial charge in [-0.05, 0) is 31.4 Å². The molecule has 6 heteroatoms. The minimum atomic E-state index is -0.365. The molecule has 0 radical (unpaired) electrons. The summed E-state index contributed by atoms with van der Waals surface area (Å²) in [7, 11) is 0. The number of hydrogen-bond acceptors (Lipinski definition) is 4. The number of rotatable bonds is 4. The van der Waals surface area contributed by atoms with E-state index in [2.05, 4.69) is 20.2 Å². The van der Waals surface area contributed by atoms with Crippen molar-refractivity contribution in [3.05, 3.63) is 54.1 Å². The second-order valence-corrected chi connectivity index (χ2v) is 5.66. The molecule has 1 saturated heterocycles. The molecule has 0 saturated carbocycles. The summed E-state index contributed by atoms with van der Waals surface area (Å²) in [6.45, 7) is 1.94. The standard InChI is InChI=1S/C18H19FN4O/c19-16-7-3-2-6-14(16)8-9-17(24)22-15-12-20-18(21-13-15)23-10-4-1-5-11-23/h2-3,6-9,12-13H,1,4-5,10-11H2,(H,22,24)/b9-8+. The highest BCUT2D eigenvalue weighted by molar-refractivity contribution is 6.01. The summed E-state index contributed by atoms with van der Waals surface area (Å²) in [5, 5.41) is 2.67. The van der Waals surface area contributed by atoms with E-state index in [1.165, 1.54) is 24.6 Å². The predicted octanol–water partition coefficient (Wildman–Crippen LogP) is 3.26. The van der Waals surface area contributed by atoms with Gasteiger partial charge in [0.2, 0.25) is 11.9 Å². The molecule has 1 aliphatic rings. The maximum atomic E-state index is 13.5. The van der Waals surface area contributed by atoms with E-state index in [0.29, 0.717) is 17.2 Å². The van der Waals surface area contributed by atoms with Crippen molar-refractivity contribution in [1.82, 2.24) is 9.97 Å². The van der Waals surface area contributed by atoms with Crippen molar-refractivity contribution in [3.63, 3.8) is 0 Å². The normalized spacial score (nSPS) is 14.8. The Morgan fingerprint density at radius 1 is 1.12 bits per heavy atom. The first-order chi connectivity index (χ1) is 11.7. The third kappa shape index (κ3) is 4.16. The minimum absolute atomic E-state index is 0.354. The van der Waals surface area contributed by atoms with Crippen LogP contribution in [0.15, 0.2) is 42.7 Å². The van der Waals surface area contributed by atoms with Crippen LogP contribution in [-0.2, 0) is 4.79 Å². The molecule has 0 spiro atoms. The minimum Gasteiger partial charge on any atom is -0.341 e. The molecule has 0 atom stereocenters. The van der Waals surface area contributed by atoms with E-state index in [1.54, 1.807) is 30.6 Å². The summed E-state index contributed by atoms with van der Waals surface area (Å²) >= 11 is 0. The van der Waals surface area contributed by atoms with E-state index in [9.17, 15) is 9.18 Å². The van der Waals surface area contributed by atoms with Gasteiger partial charge in [-0.1, -0.05) is 18.2 Å². The molecule has 2 heterocycles. The highest BCUT2D eigenvalue weighted by Gasteiger charge is 2.13. The Hall–Kier alpha value is -2.76. The van der Waals surface area contributed by atoms with Gasteiger partial charge in [-0.2, -0.15) is 0 Å². The largest absolute Gasteiger partial charge is 0.341 e. The number of nitrogens with zero attached hydrogens (tertiary/aromatic N) is 3. The molecule has 1 amide bonds. The van der Waals surface area contributed by atoms with Crippen LogP contribution in [0.1, 0.15) is 24.8 Å². The van der Waals surface area contributed by atoms with E-state index < -0.39 is 0 Å². The fourth-order valence-electron chi connectivity index (χ4n) is 2.60. The topological polar surface area (TPSA) is 58.1 Å². The van der Waals surface area contributed by atoms with Gasteiger partial charge in [0.05, 0.1) is 18.1 Å². The van der Waals surface area contributed by atoms with Crippen molar-refractivity contribution in [2.75, 3.05) is 23.3 Å². The maximum absolute atomic E-state index is 13.5. The SMILES string of the molecule is O=C(/C=C/c1ccccc1F)Nc1cnc(N2CCCCC2)nc1. The molecule has 1 aromatic heterocycles. The van der Waals surface area contributed by atoms with Gasteiger partial charge in [0.15, 0.2) is 0 Å².